The zero-order valence-electron chi connectivity index (χ0n) is 12.9. The van der Waals surface area contributed by atoms with Crippen molar-refractivity contribution in [2.45, 2.75) is 25.2 Å². The van der Waals surface area contributed by atoms with Crippen LogP contribution in [0.15, 0.2) is 41.8 Å². The molecule has 1 aliphatic heterocycles. The van der Waals surface area contributed by atoms with E-state index in [1.54, 1.807) is 4.90 Å². The van der Waals surface area contributed by atoms with Crippen molar-refractivity contribution in [3.63, 3.8) is 0 Å². The van der Waals surface area contributed by atoms with Crippen LogP contribution in [-0.2, 0) is 10.2 Å². The van der Waals surface area contributed by atoms with Gasteiger partial charge in [0.2, 0.25) is 11.6 Å². The lowest BCUT2D eigenvalue weighted by atomic mass is 9.57. The van der Waals surface area contributed by atoms with Gasteiger partial charge >= 0.3 is 0 Å². The number of piperidine rings is 1. The van der Waals surface area contributed by atoms with Gasteiger partial charge in [0.25, 0.3) is 0 Å². The van der Waals surface area contributed by atoms with Crippen LogP contribution in [0.5, 0.6) is 0 Å². The molecule has 3 atom stereocenters. The number of amides is 1. The van der Waals surface area contributed by atoms with Crippen LogP contribution in [0.3, 0.4) is 0 Å². The highest BCUT2D eigenvalue weighted by Gasteiger charge is 2.56. The van der Waals surface area contributed by atoms with Crippen molar-refractivity contribution in [1.29, 1.82) is 0 Å². The molecule has 22 heavy (non-hydrogen) atoms. The average molecular weight is 296 g/mol. The van der Waals surface area contributed by atoms with Gasteiger partial charge in [-0.2, -0.15) is 0 Å². The van der Waals surface area contributed by atoms with E-state index in [-0.39, 0.29) is 23.5 Å². The smallest absolute Gasteiger partial charge is 0.232 e. The number of allylic oxidation sites excluding steroid dienone is 2. The van der Waals surface area contributed by atoms with Crippen LogP contribution in [0.2, 0.25) is 0 Å². The predicted molar refractivity (Wildman–Crippen MR) is 83.9 cm³/mol. The summed E-state index contributed by atoms with van der Waals surface area (Å²) in [6.07, 6.45) is 1.14. The Balaban J connectivity index is 2.23. The lowest BCUT2D eigenvalue weighted by molar-refractivity contribution is -0.144. The molecule has 1 heterocycles. The molecule has 114 valence electrons. The van der Waals surface area contributed by atoms with Crippen LogP contribution < -0.4 is 0 Å². The first kappa shape index (κ1) is 14.6. The maximum absolute atomic E-state index is 13.1. The van der Waals surface area contributed by atoms with Gasteiger partial charge in [-0.1, -0.05) is 37.3 Å². The summed E-state index contributed by atoms with van der Waals surface area (Å²) in [5, 5.41) is 10.3. The number of fused-ring (bicyclic) bond motifs is 1. The van der Waals surface area contributed by atoms with E-state index in [0.717, 1.165) is 12.0 Å². The van der Waals surface area contributed by atoms with Crippen LogP contribution in [0.1, 0.15) is 25.3 Å². The Morgan fingerprint density at radius 3 is 2.68 bits per heavy atom. The number of hydrogen-bond acceptors (Lipinski definition) is 2. The number of aliphatic hydroxyl groups excluding tert-OH is 1. The Hall–Kier alpha value is -2.28. The fourth-order valence-corrected chi connectivity index (χ4v) is 4.14. The summed E-state index contributed by atoms with van der Waals surface area (Å²) in [7, 11) is 1.82. The van der Waals surface area contributed by atoms with E-state index in [1.807, 2.05) is 44.3 Å². The molecule has 0 radical (unpaired) electrons. The van der Waals surface area contributed by atoms with Crippen LogP contribution in [-0.4, -0.2) is 29.5 Å². The highest BCUT2D eigenvalue weighted by molar-refractivity contribution is 5.90. The largest absolute Gasteiger partial charge is 0.523 e. The maximum Gasteiger partial charge on any atom is 0.232 e. The molecule has 1 amide bonds. The van der Waals surface area contributed by atoms with Gasteiger partial charge in [0, 0.05) is 25.9 Å². The van der Waals surface area contributed by atoms with Gasteiger partial charge in [-0.25, -0.2) is 4.85 Å². The van der Waals surface area contributed by atoms with Crippen molar-refractivity contribution < 1.29 is 9.90 Å². The SMILES string of the molecule is [C-]#[N+]C1=C(O)[C@@H](C)[C@@H]2CCN(C)C(=O)[C@@]2(c2ccccc2)C1. The molecule has 0 spiro atoms. The predicted octanol–water partition coefficient (Wildman–Crippen LogP) is 3.13. The first-order chi connectivity index (χ1) is 10.5. The Labute approximate surface area is 130 Å². The monoisotopic (exact) mass is 296 g/mol. The Morgan fingerprint density at radius 1 is 1.36 bits per heavy atom. The van der Waals surface area contributed by atoms with Gasteiger partial charge in [0.15, 0.2) is 0 Å². The summed E-state index contributed by atoms with van der Waals surface area (Å²) >= 11 is 0. The molecule has 0 aromatic heterocycles. The number of nitrogens with zero attached hydrogens (tertiary/aromatic N) is 2. The molecule has 4 nitrogen and oxygen atoms in total. The fraction of sp³-hybridized carbons (Fsp3) is 0.444. The third-order valence-electron chi connectivity index (χ3n) is 5.34. The highest BCUT2D eigenvalue weighted by Crippen LogP contribution is 2.52. The first-order valence-electron chi connectivity index (χ1n) is 7.63. The molecule has 1 aromatic carbocycles. The summed E-state index contributed by atoms with van der Waals surface area (Å²) in [6.45, 7) is 10.00. The second-order valence-electron chi connectivity index (χ2n) is 6.37. The van der Waals surface area contributed by atoms with Crippen molar-refractivity contribution in [1.82, 2.24) is 4.90 Å². The first-order valence-corrected chi connectivity index (χ1v) is 7.63. The van der Waals surface area contributed by atoms with Gasteiger partial charge in [-0.05, 0) is 17.9 Å². The van der Waals surface area contributed by atoms with Gasteiger partial charge in [-0.15, -0.1) is 0 Å². The molecule has 1 N–H and O–H groups in total. The van der Waals surface area contributed by atoms with E-state index in [2.05, 4.69) is 4.85 Å². The number of carbonyl (C=O) groups excluding carboxylic acids is 1. The van der Waals surface area contributed by atoms with E-state index in [0.29, 0.717) is 18.7 Å². The molecule has 0 bridgehead atoms. The number of aliphatic hydroxyl groups is 1. The van der Waals surface area contributed by atoms with E-state index < -0.39 is 5.41 Å². The number of benzene rings is 1. The van der Waals surface area contributed by atoms with E-state index in [9.17, 15) is 9.90 Å². The van der Waals surface area contributed by atoms with Crippen LogP contribution >= 0.6 is 0 Å². The molecule has 0 unspecified atom stereocenters. The molecule has 1 fully saturated rings. The minimum Gasteiger partial charge on any atom is -0.523 e. The number of rotatable bonds is 1. The zero-order chi connectivity index (χ0) is 15.9. The summed E-state index contributed by atoms with van der Waals surface area (Å²) < 4.78 is 0. The molecule has 1 saturated heterocycles. The topological polar surface area (TPSA) is 44.9 Å². The lowest BCUT2D eigenvalue weighted by Gasteiger charge is -2.51. The van der Waals surface area contributed by atoms with E-state index >= 15 is 0 Å². The van der Waals surface area contributed by atoms with Crippen molar-refractivity contribution in [2.24, 2.45) is 11.8 Å². The standard InChI is InChI=1S/C18H20N2O2/c1-12-14-9-10-20(3)17(22)18(14,11-15(19-2)16(12)21)13-7-5-4-6-8-13/h4-8,12,14,21H,9-11H2,1,3H3/t12-,14-,18+/m0/s1. The summed E-state index contributed by atoms with van der Waals surface area (Å²) in [5.74, 6) is 0.0964. The number of hydrogen-bond donors (Lipinski definition) is 1. The minimum absolute atomic E-state index is 0.0316. The van der Waals surface area contributed by atoms with E-state index in [4.69, 9.17) is 6.57 Å². The Bertz CT molecular complexity index is 674. The molecule has 2 aliphatic rings. The number of likely N-dealkylation sites (tertiary alicyclic amines) is 1. The van der Waals surface area contributed by atoms with Gasteiger partial charge in [0.1, 0.15) is 0 Å². The number of likely N-dealkylation sites (N-methyl/N-ethyl adjacent to an activating group) is 1. The molecule has 0 saturated carbocycles. The zero-order valence-corrected chi connectivity index (χ0v) is 12.9. The highest BCUT2D eigenvalue weighted by atomic mass is 16.3. The summed E-state index contributed by atoms with van der Waals surface area (Å²) in [4.78, 5) is 18.4. The second kappa shape index (κ2) is 5.17. The number of carbonyl (C=O) groups is 1. The summed E-state index contributed by atoms with van der Waals surface area (Å²) in [6, 6.07) is 9.75. The molecular weight excluding hydrogens is 276 g/mol. The van der Waals surface area contributed by atoms with E-state index in [1.165, 1.54) is 0 Å². The third-order valence-corrected chi connectivity index (χ3v) is 5.34. The van der Waals surface area contributed by atoms with Crippen LogP contribution in [0.25, 0.3) is 4.85 Å². The van der Waals surface area contributed by atoms with Gasteiger partial charge in [0.05, 0.1) is 17.7 Å². The second-order valence-corrected chi connectivity index (χ2v) is 6.37. The molecule has 1 aliphatic carbocycles. The van der Waals surface area contributed by atoms with Gasteiger partial charge < -0.3 is 10.0 Å². The minimum atomic E-state index is -0.722. The maximum atomic E-state index is 13.1. The van der Waals surface area contributed by atoms with Gasteiger partial charge in [-0.3, -0.25) is 4.79 Å². The normalized spacial score (nSPS) is 31.7. The summed E-state index contributed by atoms with van der Waals surface area (Å²) in [5.41, 5.74) is 0.563. The van der Waals surface area contributed by atoms with Crippen LogP contribution in [0.4, 0.5) is 0 Å². The van der Waals surface area contributed by atoms with Crippen molar-refractivity contribution >= 4 is 5.91 Å². The molecule has 4 heteroatoms. The fourth-order valence-electron chi connectivity index (χ4n) is 4.14. The molecule has 3 rings (SSSR count). The molecule has 1 aromatic rings. The van der Waals surface area contributed by atoms with Crippen molar-refractivity contribution in [2.75, 3.05) is 13.6 Å². The Kier molecular flexibility index (Phi) is 3.44. The molecular formula is C18H20N2O2. The Morgan fingerprint density at radius 2 is 2.05 bits per heavy atom. The van der Waals surface area contributed by atoms with Crippen LogP contribution in [0, 0.1) is 18.4 Å². The van der Waals surface area contributed by atoms with Crippen molar-refractivity contribution in [3.8, 4) is 0 Å². The third kappa shape index (κ3) is 1.85. The quantitative estimate of drug-likeness (QED) is 0.809. The van der Waals surface area contributed by atoms with Crippen molar-refractivity contribution in [3.05, 3.63) is 58.8 Å². The lowest BCUT2D eigenvalue weighted by Crippen LogP contribution is -2.58. The average Bonchev–Trinajstić information content (AvgIpc) is 2.55.